The van der Waals surface area contributed by atoms with Crippen molar-refractivity contribution in [2.24, 2.45) is 0 Å². The van der Waals surface area contributed by atoms with Gasteiger partial charge in [-0.15, -0.1) is 0 Å². The summed E-state index contributed by atoms with van der Waals surface area (Å²) < 4.78 is 10.5. The number of nitrogens with one attached hydrogen (secondary N) is 2. The Balaban J connectivity index is 1.82. The van der Waals surface area contributed by atoms with Crippen LogP contribution in [0.5, 0.6) is 11.5 Å². The maximum absolute atomic E-state index is 5.30. The van der Waals surface area contributed by atoms with Crippen LogP contribution in [0.2, 0.25) is 0 Å². The zero-order chi connectivity index (χ0) is 14.4. The predicted octanol–water partition coefficient (Wildman–Crippen LogP) is 2.07. The minimum absolute atomic E-state index is 0.761. The second kappa shape index (κ2) is 6.96. The number of imidazole rings is 1. The van der Waals surface area contributed by atoms with Gasteiger partial charge in [-0.2, -0.15) is 0 Å². The molecule has 0 saturated heterocycles. The van der Waals surface area contributed by atoms with Gasteiger partial charge in [0.2, 0.25) is 0 Å². The molecular weight excluding hydrogens is 254 g/mol. The minimum atomic E-state index is 0.761. The number of aromatic amines is 1. The smallest absolute Gasteiger partial charge is 0.160 e. The fourth-order valence-electron chi connectivity index (χ4n) is 2.05. The van der Waals surface area contributed by atoms with E-state index in [0.29, 0.717) is 0 Å². The maximum atomic E-state index is 5.30. The second-order valence-electron chi connectivity index (χ2n) is 4.61. The Labute approximate surface area is 119 Å². The Bertz CT molecular complexity index is 552. The van der Waals surface area contributed by atoms with Crippen molar-refractivity contribution in [2.75, 3.05) is 20.8 Å². The van der Waals surface area contributed by atoms with Gasteiger partial charge >= 0.3 is 0 Å². The van der Waals surface area contributed by atoms with E-state index in [0.717, 1.165) is 42.5 Å². The number of benzene rings is 1. The topological polar surface area (TPSA) is 59.2 Å². The summed E-state index contributed by atoms with van der Waals surface area (Å²) in [5, 5.41) is 3.39. The highest BCUT2D eigenvalue weighted by atomic mass is 16.5. The number of aryl methyl sites for hydroxylation is 1. The molecule has 2 N–H and O–H groups in total. The van der Waals surface area contributed by atoms with Gasteiger partial charge in [-0.1, -0.05) is 6.07 Å². The fraction of sp³-hybridized carbons (Fsp3) is 0.400. The number of rotatable bonds is 7. The molecule has 0 fully saturated rings. The number of aromatic nitrogens is 2. The van der Waals surface area contributed by atoms with Crippen molar-refractivity contribution in [2.45, 2.75) is 19.9 Å². The summed E-state index contributed by atoms with van der Waals surface area (Å²) in [6.07, 6.45) is 2.80. The van der Waals surface area contributed by atoms with Crippen LogP contribution >= 0.6 is 0 Å². The number of H-pyrrole nitrogens is 1. The molecule has 0 amide bonds. The first kappa shape index (κ1) is 14.4. The van der Waals surface area contributed by atoms with Gasteiger partial charge in [-0.05, 0) is 37.6 Å². The summed E-state index contributed by atoms with van der Waals surface area (Å²) in [5.41, 5.74) is 2.32. The van der Waals surface area contributed by atoms with Crippen molar-refractivity contribution in [3.63, 3.8) is 0 Å². The Morgan fingerprint density at radius 3 is 2.65 bits per heavy atom. The number of hydrogen-bond acceptors (Lipinski definition) is 4. The number of methoxy groups -OCH3 is 2. The summed E-state index contributed by atoms with van der Waals surface area (Å²) in [5.74, 6) is 2.48. The van der Waals surface area contributed by atoms with E-state index in [-0.39, 0.29) is 0 Å². The predicted molar refractivity (Wildman–Crippen MR) is 78.3 cm³/mol. The van der Waals surface area contributed by atoms with Crippen molar-refractivity contribution < 1.29 is 9.47 Å². The van der Waals surface area contributed by atoms with Crippen molar-refractivity contribution in [1.29, 1.82) is 0 Å². The third kappa shape index (κ3) is 3.74. The first-order chi connectivity index (χ1) is 9.72. The van der Waals surface area contributed by atoms with Crippen molar-refractivity contribution in [3.8, 4) is 11.5 Å². The molecule has 1 aromatic carbocycles. The largest absolute Gasteiger partial charge is 0.493 e. The summed E-state index contributed by atoms with van der Waals surface area (Å²) >= 11 is 0. The third-order valence-corrected chi connectivity index (χ3v) is 3.11. The van der Waals surface area contributed by atoms with Gasteiger partial charge in [0.1, 0.15) is 5.82 Å². The molecule has 0 radical (unpaired) electrons. The van der Waals surface area contributed by atoms with Crippen LogP contribution in [0.3, 0.4) is 0 Å². The lowest BCUT2D eigenvalue weighted by Gasteiger charge is -2.09. The van der Waals surface area contributed by atoms with E-state index in [1.807, 2.05) is 25.3 Å². The molecule has 0 atom stereocenters. The number of nitrogens with zero attached hydrogens (tertiary/aromatic N) is 1. The van der Waals surface area contributed by atoms with E-state index < -0.39 is 0 Å². The Morgan fingerprint density at radius 1 is 1.20 bits per heavy atom. The zero-order valence-electron chi connectivity index (χ0n) is 12.2. The highest BCUT2D eigenvalue weighted by Crippen LogP contribution is 2.27. The lowest BCUT2D eigenvalue weighted by atomic mass is 10.1. The Morgan fingerprint density at radius 2 is 2.00 bits per heavy atom. The van der Waals surface area contributed by atoms with Crippen LogP contribution in [-0.2, 0) is 13.0 Å². The SMILES string of the molecule is COc1ccc(CCNCc2cnc(C)[nH]2)cc1OC. The summed E-state index contributed by atoms with van der Waals surface area (Å²) in [6.45, 7) is 3.65. The van der Waals surface area contributed by atoms with Crippen LogP contribution in [0.1, 0.15) is 17.1 Å². The molecule has 1 heterocycles. The lowest BCUT2D eigenvalue weighted by Crippen LogP contribution is -2.16. The molecule has 0 bridgehead atoms. The molecule has 2 rings (SSSR count). The molecule has 0 aliphatic rings. The molecule has 0 spiro atoms. The van der Waals surface area contributed by atoms with Gasteiger partial charge in [0.25, 0.3) is 0 Å². The van der Waals surface area contributed by atoms with Crippen LogP contribution in [0.4, 0.5) is 0 Å². The van der Waals surface area contributed by atoms with Gasteiger partial charge in [0.15, 0.2) is 11.5 Å². The summed E-state index contributed by atoms with van der Waals surface area (Å²) in [6, 6.07) is 6.01. The normalized spacial score (nSPS) is 10.6. The Hall–Kier alpha value is -2.01. The quantitative estimate of drug-likeness (QED) is 0.759. The van der Waals surface area contributed by atoms with E-state index in [1.54, 1.807) is 14.2 Å². The van der Waals surface area contributed by atoms with E-state index in [1.165, 1.54) is 5.56 Å². The van der Waals surface area contributed by atoms with Crippen molar-refractivity contribution in [3.05, 3.63) is 41.5 Å². The van der Waals surface area contributed by atoms with Gasteiger partial charge in [-0.25, -0.2) is 4.98 Å². The minimum Gasteiger partial charge on any atom is -0.493 e. The van der Waals surface area contributed by atoms with E-state index in [4.69, 9.17) is 9.47 Å². The van der Waals surface area contributed by atoms with Gasteiger partial charge < -0.3 is 19.8 Å². The summed E-state index contributed by atoms with van der Waals surface area (Å²) in [7, 11) is 3.30. The van der Waals surface area contributed by atoms with E-state index in [9.17, 15) is 0 Å². The Kier molecular flexibility index (Phi) is 5.01. The standard InChI is InChI=1S/C15H21N3O2/c1-11-17-10-13(18-11)9-16-7-6-12-4-5-14(19-2)15(8-12)20-3/h4-5,8,10,16H,6-7,9H2,1-3H3,(H,17,18). The van der Waals surface area contributed by atoms with Crippen molar-refractivity contribution in [1.82, 2.24) is 15.3 Å². The molecule has 5 nitrogen and oxygen atoms in total. The van der Waals surface area contributed by atoms with Crippen molar-refractivity contribution >= 4 is 0 Å². The maximum Gasteiger partial charge on any atom is 0.160 e. The van der Waals surface area contributed by atoms with Gasteiger partial charge in [0, 0.05) is 18.4 Å². The molecule has 0 unspecified atom stereocenters. The average molecular weight is 275 g/mol. The summed E-state index contributed by atoms with van der Waals surface area (Å²) in [4.78, 5) is 7.37. The highest BCUT2D eigenvalue weighted by Gasteiger charge is 2.04. The lowest BCUT2D eigenvalue weighted by molar-refractivity contribution is 0.354. The van der Waals surface area contributed by atoms with E-state index >= 15 is 0 Å². The van der Waals surface area contributed by atoms with Crippen LogP contribution < -0.4 is 14.8 Å². The fourth-order valence-corrected chi connectivity index (χ4v) is 2.05. The van der Waals surface area contributed by atoms with Crippen LogP contribution in [0.15, 0.2) is 24.4 Å². The van der Waals surface area contributed by atoms with E-state index in [2.05, 4.69) is 21.4 Å². The molecule has 5 heteroatoms. The zero-order valence-corrected chi connectivity index (χ0v) is 12.2. The average Bonchev–Trinajstić information content (AvgIpc) is 2.89. The molecule has 108 valence electrons. The van der Waals surface area contributed by atoms with Gasteiger partial charge in [0.05, 0.1) is 14.2 Å². The first-order valence-corrected chi connectivity index (χ1v) is 6.65. The monoisotopic (exact) mass is 275 g/mol. The molecule has 1 aromatic heterocycles. The second-order valence-corrected chi connectivity index (χ2v) is 4.61. The van der Waals surface area contributed by atoms with Crippen LogP contribution in [0, 0.1) is 6.92 Å². The molecule has 20 heavy (non-hydrogen) atoms. The molecule has 0 saturated carbocycles. The van der Waals surface area contributed by atoms with Gasteiger partial charge in [-0.3, -0.25) is 0 Å². The third-order valence-electron chi connectivity index (χ3n) is 3.11. The molecule has 0 aliphatic carbocycles. The molecule has 2 aromatic rings. The van der Waals surface area contributed by atoms with Crippen LogP contribution in [0.25, 0.3) is 0 Å². The molecule has 0 aliphatic heterocycles. The molecular formula is C15H21N3O2. The highest BCUT2D eigenvalue weighted by molar-refractivity contribution is 5.42. The van der Waals surface area contributed by atoms with Crippen LogP contribution in [-0.4, -0.2) is 30.7 Å². The first-order valence-electron chi connectivity index (χ1n) is 6.65. The number of ether oxygens (including phenoxy) is 2. The number of hydrogen-bond donors (Lipinski definition) is 2.